The van der Waals surface area contributed by atoms with E-state index in [9.17, 15) is 15.0 Å². The SMILES string of the molecule is Cc1cc(C)nc(O[C@H](C(=O)O)C(O)(c2ccccc2)c2ccccc2)n1. The molecule has 6 heteroatoms. The molecular weight excluding hydrogens is 344 g/mol. The zero-order valence-electron chi connectivity index (χ0n) is 15.0. The third-order valence-corrected chi connectivity index (χ3v) is 4.22. The third-order valence-electron chi connectivity index (χ3n) is 4.22. The first-order chi connectivity index (χ1) is 12.9. The van der Waals surface area contributed by atoms with Crippen LogP contribution in [0.2, 0.25) is 0 Å². The van der Waals surface area contributed by atoms with Crippen LogP contribution in [0.5, 0.6) is 6.01 Å². The van der Waals surface area contributed by atoms with Gasteiger partial charge in [-0.3, -0.25) is 0 Å². The summed E-state index contributed by atoms with van der Waals surface area (Å²) in [5.74, 6) is -1.33. The lowest BCUT2D eigenvalue weighted by molar-refractivity contribution is -0.157. The number of aliphatic hydroxyl groups is 1. The maximum atomic E-state index is 12.1. The first-order valence-corrected chi connectivity index (χ1v) is 8.46. The van der Waals surface area contributed by atoms with E-state index in [0.29, 0.717) is 22.5 Å². The van der Waals surface area contributed by atoms with Gasteiger partial charge < -0.3 is 14.9 Å². The van der Waals surface area contributed by atoms with E-state index in [1.54, 1.807) is 80.6 Å². The van der Waals surface area contributed by atoms with Gasteiger partial charge in [0.05, 0.1) is 0 Å². The second-order valence-corrected chi connectivity index (χ2v) is 6.27. The highest BCUT2D eigenvalue weighted by atomic mass is 16.5. The maximum absolute atomic E-state index is 12.1. The maximum Gasteiger partial charge on any atom is 0.348 e. The Morgan fingerprint density at radius 1 is 0.926 bits per heavy atom. The van der Waals surface area contributed by atoms with E-state index in [0.717, 1.165) is 0 Å². The summed E-state index contributed by atoms with van der Waals surface area (Å²) >= 11 is 0. The van der Waals surface area contributed by atoms with Crippen molar-refractivity contribution < 1.29 is 19.7 Å². The van der Waals surface area contributed by atoms with Crippen molar-refractivity contribution in [1.29, 1.82) is 0 Å². The average Bonchev–Trinajstić information content (AvgIpc) is 2.66. The fraction of sp³-hybridized carbons (Fsp3) is 0.190. The lowest BCUT2D eigenvalue weighted by Crippen LogP contribution is -2.49. The number of aromatic nitrogens is 2. The number of aryl methyl sites for hydroxylation is 2. The quantitative estimate of drug-likeness (QED) is 0.699. The molecule has 0 saturated heterocycles. The number of rotatable bonds is 6. The van der Waals surface area contributed by atoms with Crippen molar-refractivity contribution in [3.63, 3.8) is 0 Å². The number of carbonyl (C=O) groups is 1. The summed E-state index contributed by atoms with van der Waals surface area (Å²) in [6.45, 7) is 3.52. The van der Waals surface area contributed by atoms with Gasteiger partial charge in [-0.1, -0.05) is 60.7 Å². The molecule has 2 aromatic carbocycles. The molecule has 138 valence electrons. The molecular formula is C21H20N2O4. The number of carboxylic acid groups (broad SMARTS) is 1. The van der Waals surface area contributed by atoms with Crippen LogP contribution in [0.1, 0.15) is 22.5 Å². The van der Waals surface area contributed by atoms with E-state index in [1.165, 1.54) is 0 Å². The van der Waals surface area contributed by atoms with Crippen LogP contribution in [-0.2, 0) is 10.4 Å². The molecule has 0 bridgehead atoms. The van der Waals surface area contributed by atoms with Crippen molar-refractivity contribution in [2.45, 2.75) is 25.6 Å². The molecule has 0 spiro atoms. The van der Waals surface area contributed by atoms with Gasteiger partial charge in [0.1, 0.15) is 0 Å². The normalized spacial score (nSPS) is 12.4. The predicted molar refractivity (Wildman–Crippen MR) is 99.4 cm³/mol. The Morgan fingerprint density at radius 2 is 1.37 bits per heavy atom. The summed E-state index contributed by atoms with van der Waals surface area (Å²) < 4.78 is 5.64. The molecule has 1 atom stereocenters. The van der Waals surface area contributed by atoms with Gasteiger partial charge in [-0.05, 0) is 31.0 Å². The molecule has 0 saturated carbocycles. The van der Waals surface area contributed by atoms with Gasteiger partial charge in [0, 0.05) is 11.4 Å². The van der Waals surface area contributed by atoms with Crippen molar-refractivity contribution in [2.75, 3.05) is 0 Å². The largest absolute Gasteiger partial charge is 0.478 e. The monoisotopic (exact) mass is 364 g/mol. The molecule has 2 N–H and O–H groups in total. The molecule has 3 aromatic rings. The van der Waals surface area contributed by atoms with Gasteiger partial charge in [0.2, 0.25) is 6.10 Å². The summed E-state index contributed by atoms with van der Waals surface area (Å²) in [4.78, 5) is 20.4. The number of aliphatic carboxylic acids is 1. The Morgan fingerprint density at radius 3 is 1.78 bits per heavy atom. The van der Waals surface area contributed by atoms with E-state index in [-0.39, 0.29) is 6.01 Å². The average molecular weight is 364 g/mol. The van der Waals surface area contributed by atoms with Crippen LogP contribution < -0.4 is 4.74 Å². The van der Waals surface area contributed by atoms with Crippen LogP contribution in [-0.4, -0.2) is 32.3 Å². The highest BCUT2D eigenvalue weighted by Crippen LogP contribution is 2.35. The molecule has 0 aliphatic carbocycles. The number of hydrogen-bond acceptors (Lipinski definition) is 5. The summed E-state index contributed by atoms with van der Waals surface area (Å²) in [6, 6.07) is 18.8. The Labute approximate surface area is 157 Å². The molecule has 1 aromatic heterocycles. The number of carboxylic acids is 1. The van der Waals surface area contributed by atoms with Gasteiger partial charge in [-0.2, -0.15) is 0 Å². The summed E-state index contributed by atoms with van der Waals surface area (Å²) in [6.07, 6.45) is -1.65. The highest BCUT2D eigenvalue weighted by Gasteiger charge is 2.47. The first kappa shape index (κ1) is 18.5. The molecule has 0 aliphatic heterocycles. The standard InChI is InChI=1S/C21H20N2O4/c1-14-13-15(2)23-20(22-14)27-18(19(24)25)21(26,16-9-5-3-6-10-16)17-11-7-4-8-12-17/h3-13,18,26H,1-2H3,(H,24,25)/t18-/m1/s1. The smallest absolute Gasteiger partial charge is 0.348 e. The van der Waals surface area contributed by atoms with Crippen molar-refractivity contribution in [3.8, 4) is 6.01 Å². The summed E-state index contributed by atoms with van der Waals surface area (Å²) in [5.41, 5.74) is 0.144. The minimum absolute atomic E-state index is 0.0924. The molecule has 27 heavy (non-hydrogen) atoms. The van der Waals surface area contributed by atoms with E-state index in [2.05, 4.69) is 9.97 Å². The zero-order valence-corrected chi connectivity index (χ0v) is 15.0. The van der Waals surface area contributed by atoms with Gasteiger partial charge in [-0.25, -0.2) is 14.8 Å². The second kappa shape index (κ2) is 7.55. The second-order valence-electron chi connectivity index (χ2n) is 6.27. The number of ether oxygens (including phenoxy) is 1. The van der Waals surface area contributed by atoms with Crippen molar-refractivity contribution >= 4 is 5.97 Å². The Hall–Kier alpha value is -3.25. The Bertz CT molecular complexity index is 870. The van der Waals surface area contributed by atoms with E-state index < -0.39 is 17.7 Å². The molecule has 0 amide bonds. The predicted octanol–water partition coefficient (Wildman–Crippen LogP) is 2.86. The zero-order chi connectivity index (χ0) is 19.4. The van der Waals surface area contributed by atoms with Gasteiger partial charge in [0.15, 0.2) is 5.60 Å². The molecule has 0 aliphatic rings. The van der Waals surface area contributed by atoms with Crippen LogP contribution in [0.15, 0.2) is 66.7 Å². The molecule has 0 unspecified atom stereocenters. The molecule has 6 nitrogen and oxygen atoms in total. The number of hydrogen-bond donors (Lipinski definition) is 2. The van der Waals surface area contributed by atoms with Crippen LogP contribution in [0.3, 0.4) is 0 Å². The topological polar surface area (TPSA) is 92.5 Å². The fourth-order valence-electron chi connectivity index (χ4n) is 3.02. The van der Waals surface area contributed by atoms with Crippen molar-refractivity contribution in [1.82, 2.24) is 9.97 Å². The summed E-state index contributed by atoms with van der Waals surface area (Å²) in [5, 5.41) is 21.5. The van der Waals surface area contributed by atoms with Crippen molar-refractivity contribution in [3.05, 3.63) is 89.2 Å². The van der Waals surface area contributed by atoms with E-state index in [1.807, 2.05) is 0 Å². The van der Waals surface area contributed by atoms with Crippen LogP contribution >= 0.6 is 0 Å². The molecule has 0 fully saturated rings. The van der Waals surface area contributed by atoms with Gasteiger partial charge >= 0.3 is 12.0 Å². The van der Waals surface area contributed by atoms with E-state index >= 15 is 0 Å². The van der Waals surface area contributed by atoms with Crippen molar-refractivity contribution in [2.24, 2.45) is 0 Å². The van der Waals surface area contributed by atoms with Gasteiger partial charge in [-0.15, -0.1) is 0 Å². The summed E-state index contributed by atoms with van der Waals surface area (Å²) in [7, 11) is 0. The van der Waals surface area contributed by atoms with Gasteiger partial charge in [0.25, 0.3) is 0 Å². The Kier molecular flexibility index (Phi) is 5.19. The minimum Gasteiger partial charge on any atom is -0.478 e. The van der Waals surface area contributed by atoms with Crippen LogP contribution in [0.4, 0.5) is 0 Å². The lowest BCUT2D eigenvalue weighted by Gasteiger charge is -2.34. The first-order valence-electron chi connectivity index (χ1n) is 8.46. The molecule has 0 radical (unpaired) electrons. The molecule has 1 heterocycles. The lowest BCUT2D eigenvalue weighted by atomic mass is 9.81. The van der Waals surface area contributed by atoms with Crippen LogP contribution in [0, 0.1) is 13.8 Å². The molecule has 3 rings (SSSR count). The fourth-order valence-corrected chi connectivity index (χ4v) is 3.02. The van der Waals surface area contributed by atoms with Crippen LogP contribution in [0.25, 0.3) is 0 Å². The Balaban J connectivity index is 2.14. The number of nitrogens with zero attached hydrogens (tertiary/aromatic N) is 2. The highest BCUT2D eigenvalue weighted by molar-refractivity contribution is 5.76. The third kappa shape index (κ3) is 3.80. The van der Waals surface area contributed by atoms with E-state index in [4.69, 9.17) is 4.74 Å². The number of benzene rings is 2. The minimum atomic E-state index is -1.94.